The Kier molecular flexibility index (Phi) is 3.69. The minimum atomic E-state index is -0.390. The van der Waals surface area contributed by atoms with Gasteiger partial charge in [-0.1, -0.05) is 30.4 Å². The number of rotatable bonds is 3. The first-order valence-electron chi connectivity index (χ1n) is 5.34. The second-order valence-electron chi connectivity index (χ2n) is 3.64. The number of carbonyl (C=O) groups is 1. The number of ether oxygens (including phenoxy) is 1. The topological polar surface area (TPSA) is 52.3 Å². The van der Waals surface area contributed by atoms with Crippen molar-refractivity contribution in [3.63, 3.8) is 0 Å². The molecule has 0 radical (unpaired) electrons. The van der Waals surface area contributed by atoms with Gasteiger partial charge in [0.25, 0.3) is 0 Å². The highest BCUT2D eigenvalue weighted by atomic mass is 32.1. The highest BCUT2D eigenvalue weighted by molar-refractivity contribution is 7.80. The lowest BCUT2D eigenvalue weighted by atomic mass is 10.2. The molecule has 0 saturated carbocycles. The number of esters is 1. The molecule has 0 aliphatic heterocycles. The van der Waals surface area contributed by atoms with Gasteiger partial charge in [-0.2, -0.15) is 0 Å². The van der Waals surface area contributed by atoms with Crippen molar-refractivity contribution in [2.75, 3.05) is 0 Å². The van der Waals surface area contributed by atoms with Gasteiger partial charge in [0.15, 0.2) is 0 Å². The zero-order chi connectivity index (χ0) is 13.0. The molecule has 0 heterocycles. The van der Waals surface area contributed by atoms with Gasteiger partial charge in [-0.3, -0.25) is 0 Å². The van der Waals surface area contributed by atoms with Gasteiger partial charge in [0.05, 0.1) is 5.56 Å². The highest BCUT2D eigenvalue weighted by Gasteiger charge is 2.07. The second-order valence-corrected chi connectivity index (χ2v) is 4.08. The van der Waals surface area contributed by atoms with Gasteiger partial charge >= 0.3 is 5.97 Å². The Balaban J connectivity index is 2.10. The highest BCUT2D eigenvalue weighted by Crippen LogP contribution is 2.14. The third-order valence-corrected chi connectivity index (χ3v) is 2.59. The molecule has 0 aromatic heterocycles. The van der Waals surface area contributed by atoms with Crippen molar-refractivity contribution in [1.82, 2.24) is 0 Å². The molecule has 0 fully saturated rings. The Labute approximate surface area is 110 Å². The van der Waals surface area contributed by atoms with E-state index in [1.807, 2.05) is 6.07 Å². The van der Waals surface area contributed by atoms with Crippen molar-refractivity contribution in [3.05, 3.63) is 65.7 Å². The molecular weight excluding hydrogens is 246 g/mol. The van der Waals surface area contributed by atoms with Crippen LogP contribution in [0.1, 0.15) is 15.9 Å². The van der Waals surface area contributed by atoms with Crippen molar-refractivity contribution in [2.45, 2.75) is 0 Å². The number of hydrogen-bond donors (Lipinski definition) is 1. The molecule has 90 valence electrons. The van der Waals surface area contributed by atoms with Gasteiger partial charge in [-0.15, -0.1) is 0 Å². The molecule has 2 rings (SSSR count). The molecule has 0 spiro atoms. The van der Waals surface area contributed by atoms with Crippen LogP contribution in [-0.2, 0) is 0 Å². The molecule has 0 saturated heterocycles. The summed E-state index contributed by atoms with van der Waals surface area (Å²) in [7, 11) is 0. The quantitative estimate of drug-likeness (QED) is 0.521. The van der Waals surface area contributed by atoms with Gasteiger partial charge in [0.2, 0.25) is 0 Å². The predicted molar refractivity (Wildman–Crippen MR) is 73.7 cm³/mol. The number of thiocarbonyl (C=S) groups is 1. The molecule has 0 amide bonds. The zero-order valence-electron chi connectivity index (χ0n) is 9.50. The number of benzene rings is 2. The van der Waals surface area contributed by atoms with Crippen LogP contribution in [0.15, 0.2) is 54.6 Å². The van der Waals surface area contributed by atoms with Crippen LogP contribution in [0.4, 0.5) is 0 Å². The van der Waals surface area contributed by atoms with Crippen LogP contribution >= 0.6 is 12.2 Å². The maximum absolute atomic E-state index is 11.8. The Bertz CT molecular complexity index is 564. The number of carbonyl (C=O) groups excluding carboxylic acids is 1. The fourth-order valence-corrected chi connectivity index (χ4v) is 1.56. The third kappa shape index (κ3) is 2.93. The van der Waals surface area contributed by atoms with Crippen molar-refractivity contribution in [3.8, 4) is 5.75 Å². The van der Waals surface area contributed by atoms with E-state index >= 15 is 0 Å². The van der Waals surface area contributed by atoms with Crippen molar-refractivity contribution >= 4 is 23.2 Å². The van der Waals surface area contributed by atoms with Crippen LogP contribution in [0, 0.1) is 0 Å². The van der Waals surface area contributed by atoms with Crippen LogP contribution in [0.5, 0.6) is 5.75 Å². The maximum Gasteiger partial charge on any atom is 0.343 e. The smallest absolute Gasteiger partial charge is 0.343 e. The van der Waals surface area contributed by atoms with E-state index in [1.54, 1.807) is 48.5 Å². The summed E-state index contributed by atoms with van der Waals surface area (Å²) in [5, 5.41) is 0. The summed E-state index contributed by atoms with van der Waals surface area (Å²) in [4.78, 5) is 12.1. The summed E-state index contributed by atoms with van der Waals surface area (Å²) in [6, 6.07) is 15.6. The van der Waals surface area contributed by atoms with E-state index in [4.69, 9.17) is 22.7 Å². The van der Waals surface area contributed by atoms with Crippen LogP contribution in [-0.4, -0.2) is 11.0 Å². The van der Waals surface area contributed by atoms with E-state index in [9.17, 15) is 4.79 Å². The Morgan fingerprint density at radius 1 is 0.944 bits per heavy atom. The summed E-state index contributed by atoms with van der Waals surface area (Å²) in [5.41, 5.74) is 6.73. The molecule has 2 aromatic carbocycles. The molecule has 18 heavy (non-hydrogen) atoms. The molecule has 0 unspecified atom stereocenters. The van der Waals surface area contributed by atoms with E-state index in [-0.39, 0.29) is 0 Å². The summed E-state index contributed by atoms with van der Waals surface area (Å²) in [6.45, 7) is 0. The standard InChI is InChI=1S/C14H11NO2S/c15-13(18)10-6-8-12(9-7-10)17-14(16)11-4-2-1-3-5-11/h1-9H,(H2,15,18). The lowest BCUT2D eigenvalue weighted by Crippen LogP contribution is -2.10. The van der Waals surface area contributed by atoms with E-state index in [2.05, 4.69) is 0 Å². The summed E-state index contributed by atoms with van der Waals surface area (Å²) in [6.07, 6.45) is 0. The van der Waals surface area contributed by atoms with Crippen LogP contribution in [0.25, 0.3) is 0 Å². The van der Waals surface area contributed by atoms with Gasteiger partial charge in [0, 0.05) is 5.56 Å². The fraction of sp³-hybridized carbons (Fsp3) is 0. The largest absolute Gasteiger partial charge is 0.423 e. The third-order valence-electron chi connectivity index (χ3n) is 2.36. The van der Waals surface area contributed by atoms with E-state index < -0.39 is 5.97 Å². The van der Waals surface area contributed by atoms with Crippen LogP contribution in [0.3, 0.4) is 0 Å². The molecule has 2 N–H and O–H groups in total. The summed E-state index contributed by atoms with van der Waals surface area (Å²) >= 11 is 4.84. The molecule has 2 aromatic rings. The minimum absolute atomic E-state index is 0.316. The van der Waals surface area contributed by atoms with Gasteiger partial charge in [-0.25, -0.2) is 4.79 Å². The second kappa shape index (κ2) is 5.42. The summed E-state index contributed by atoms with van der Waals surface area (Å²) in [5.74, 6) is 0.0718. The Hall–Kier alpha value is -2.20. The summed E-state index contributed by atoms with van der Waals surface area (Å²) < 4.78 is 5.21. The SMILES string of the molecule is NC(=S)c1ccc(OC(=O)c2ccccc2)cc1. The molecule has 4 heteroatoms. The molecule has 0 aliphatic rings. The van der Waals surface area contributed by atoms with E-state index in [1.165, 1.54) is 0 Å². The molecule has 0 bridgehead atoms. The monoisotopic (exact) mass is 257 g/mol. The van der Waals surface area contributed by atoms with E-state index in [0.717, 1.165) is 5.56 Å². The molecule has 0 atom stereocenters. The van der Waals surface area contributed by atoms with Crippen molar-refractivity contribution in [2.24, 2.45) is 5.73 Å². The predicted octanol–water partition coefficient (Wildman–Crippen LogP) is 2.54. The molecule has 3 nitrogen and oxygen atoms in total. The lowest BCUT2D eigenvalue weighted by Gasteiger charge is -2.05. The number of hydrogen-bond acceptors (Lipinski definition) is 3. The minimum Gasteiger partial charge on any atom is -0.423 e. The molecular formula is C14H11NO2S. The maximum atomic E-state index is 11.8. The molecule has 0 aliphatic carbocycles. The Morgan fingerprint density at radius 2 is 1.56 bits per heavy atom. The first kappa shape index (κ1) is 12.3. The first-order valence-corrected chi connectivity index (χ1v) is 5.75. The number of nitrogens with two attached hydrogens (primary N) is 1. The normalized spacial score (nSPS) is 9.78. The Morgan fingerprint density at radius 3 is 2.11 bits per heavy atom. The van der Waals surface area contributed by atoms with Crippen LogP contribution < -0.4 is 10.5 Å². The average molecular weight is 257 g/mol. The van der Waals surface area contributed by atoms with Gasteiger partial charge in [-0.05, 0) is 36.4 Å². The van der Waals surface area contributed by atoms with Gasteiger partial charge < -0.3 is 10.5 Å². The average Bonchev–Trinajstić information content (AvgIpc) is 2.40. The van der Waals surface area contributed by atoms with Crippen molar-refractivity contribution < 1.29 is 9.53 Å². The lowest BCUT2D eigenvalue weighted by molar-refractivity contribution is 0.0735. The van der Waals surface area contributed by atoms with Crippen LogP contribution in [0.2, 0.25) is 0 Å². The zero-order valence-corrected chi connectivity index (χ0v) is 10.3. The first-order chi connectivity index (χ1) is 8.66. The van der Waals surface area contributed by atoms with Gasteiger partial charge in [0.1, 0.15) is 10.7 Å². The van der Waals surface area contributed by atoms with E-state index in [0.29, 0.717) is 16.3 Å². The van der Waals surface area contributed by atoms with Crippen molar-refractivity contribution in [1.29, 1.82) is 0 Å². The fourth-order valence-electron chi connectivity index (χ4n) is 1.43.